The highest BCUT2D eigenvalue weighted by atomic mass is 19.1. The molecule has 0 fully saturated rings. The summed E-state index contributed by atoms with van der Waals surface area (Å²) in [6.45, 7) is 4.39. The van der Waals surface area contributed by atoms with Crippen LogP contribution in [0.15, 0.2) is 18.2 Å². The molecule has 0 saturated carbocycles. The van der Waals surface area contributed by atoms with E-state index in [4.69, 9.17) is 5.73 Å². The minimum atomic E-state index is -0.253. The molecule has 18 heavy (non-hydrogen) atoms. The van der Waals surface area contributed by atoms with Crippen molar-refractivity contribution >= 4 is 17.0 Å². The summed E-state index contributed by atoms with van der Waals surface area (Å²) >= 11 is 0. The molecule has 4 nitrogen and oxygen atoms in total. The van der Waals surface area contributed by atoms with Crippen LogP contribution in [0.1, 0.15) is 19.8 Å². The maximum Gasteiger partial charge on any atom is 0.203 e. The fourth-order valence-corrected chi connectivity index (χ4v) is 1.95. The summed E-state index contributed by atoms with van der Waals surface area (Å²) in [5.74, 6) is 0.520. The normalized spacial score (nSPS) is 11.1. The van der Waals surface area contributed by atoms with Gasteiger partial charge in [0.15, 0.2) is 0 Å². The zero-order valence-electron chi connectivity index (χ0n) is 10.6. The fraction of sp³-hybridized carbons (Fsp3) is 0.462. The van der Waals surface area contributed by atoms with Gasteiger partial charge in [0, 0.05) is 19.6 Å². The molecule has 0 radical (unpaired) electrons. The van der Waals surface area contributed by atoms with E-state index in [9.17, 15) is 4.39 Å². The summed E-state index contributed by atoms with van der Waals surface area (Å²) in [5.41, 5.74) is 7.12. The molecular formula is C13H19FN4. The van der Waals surface area contributed by atoms with Gasteiger partial charge in [0.2, 0.25) is 5.95 Å². The molecule has 0 bridgehead atoms. The van der Waals surface area contributed by atoms with E-state index in [-0.39, 0.29) is 5.82 Å². The molecule has 0 atom stereocenters. The van der Waals surface area contributed by atoms with Crippen molar-refractivity contribution in [2.24, 2.45) is 5.73 Å². The van der Waals surface area contributed by atoms with Crippen molar-refractivity contribution in [1.29, 1.82) is 0 Å². The van der Waals surface area contributed by atoms with Crippen molar-refractivity contribution in [3.63, 3.8) is 0 Å². The molecule has 0 aliphatic heterocycles. The van der Waals surface area contributed by atoms with Gasteiger partial charge in [-0.15, -0.1) is 0 Å². The number of anilines is 1. The number of benzene rings is 1. The van der Waals surface area contributed by atoms with Crippen molar-refractivity contribution < 1.29 is 4.39 Å². The van der Waals surface area contributed by atoms with Gasteiger partial charge in [-0.1, -0.05) is 13.3 Å². The lowest BCUT2D eigenvalue weighted by molar-refractivity contribution is 0.629. The van der Waals surface area contributed by atoms with Crippen LogP contribution in [0.5, 0.6) is 0 Å². The quantitative estimate of drug-likeness (QED) is 0.826. The zero-order valence-corrected chi connectivity index (χ0v) is 10.6. The molecule has 0 saturated heterocycles. The summed E-state index contributed by atoms with van der Waals surface area (Å²) < 4.78 is 13.1. The number of H-pyrrole nitrogens is 1. The van der Waals surface area contributed by atoms with Crippen molar-refractivity contribution in [3.8, 4) is 0 Å². The molecule has 0 amide bonds. The third kappa shape index (κ3) is 2.79. The lowest BCUT2D eigenvalue weighted by Crippen LogP contribution is -2.31. The minimum absolute atomic E-state index is 0.253. The predicted octanol–water partition coefficient (Wildman–Crippen LogP) is 2.27. The number of hydrogen-bond donors (Lipinski definition) is 2. The molecule has 2 aromatic rings. The van der Waals surface area contributed by atoms with Crippen molar-refractivity contribution in [2.75, 3.05) is 24.5 Å². The average Bonchev–Trinajstić information content (AvgIpc) is 2.77. The molecule has 98 valence electrons. The third-order valence-corrected chi connectivity index (χ3v) is 2.91. The molecule has 1 aromatic carbocycles. The predicted molar refractivity (Wildman–Crippen MR) is 72.2 cm³/mol. The molecular weight excluding hydrogens is 231 g/mol. The maximum atomic E-state index is 13.1. The van der Waals surface area contributed by atoms with Crippen LogP contribution in [-0.2, 0) is 0 Å². The van der Waals surface area contributed by atoms with Crippen LogP contribution in [-0.4, -0.2) is 29.6 Å². The number of halogens is 1. The molecule has 0 aliphatic rings. The van der Waals surface area contributed by atoms with E-state index in [1.54, 1.807) is 6.07 Å². The monoisotopic (exact) mass is 250 g/mol. The molecule has 5 heteroatoms. The van der Waals surface area contributed by atoms with E-state index in [0.717, 1.165) is 42.9 Å². The second kappa shape index (κ2) is 5.82. The molecule has 2 rings (SSSR count). The van der Waals surface area contributed by atoms with Crippen LogP contribution in [0, 0.1) is 5.82 Å². The van der Waals surface area contributed by atoms with Crippen LogP contribution < -0.4 is 10.6 Å². The standard InChI is InChI=1S/C13H19FN4/c1-2-3-7-18(8-6-15)13-16-11-5-4-10(14)9-12(11)17-13/h4-5,9H,2-3,6-8,15H2,1H3,(H,16,17). The van der Waals surface area contributed by atoms with Gasteiger partial charge in [0.25, 0.3) is 0 Å². The Bertz CT molecular complexity index is 509. The number of nitrogens with two attached hydrogens (primary N) is 1. The van der Waals surface area contributed by atoms with Crippen LogP contribution in [0.3, 0.4) is 0 Å². The molecule has 0 aliphatic carbocycles. The third-order valence-electron chi connectivity index (χ3n) is 2.91. The number of imidazole rings is 1. The first-order valence-electron chi connectivity index (χ1n) is 6.35. The number of rotatable bonds is 6. The zero-order chi connectivity index (χ0) is 13.0. The Labute approximate surface area is 106 Å². The number of nitrogens with one attached hydrogen (secondary N) is 1. The smallest absolute Gasteiger partial charge is 0.203 e. The maximum absolute atomic E-state index is 13.1. The average molecular weight is 250 g/mol. The first kappa shape index (κ1) is 12.8. The van der Waals surface area contributed by atoms with Gasteiger partial charge in [-0.3, -0.25) is 0 Å². The molecule has 0 unspecified atom stereocenters. The number of nitrogens with zero attached hydrogens (tertiary/aromatic N) is 2. The minimum Gasteiger partial charge on any atom is -0.341 e. The fourth-order valence-electron chi connectivity index (χ4n) is 1.95. The van der Waals surface area contributed by atoms with Gasteiger partial charge < -0.3 is 15.6 Å². The molecule has 3 N–H and O–H groups in total. The lowest BCUT2D eigenvalue weighted by atomic mass is 10.3. The Morgan fingerprint density at radius 1 is 1.39 bits per heavy atom. The first-order chi connectivity index (χ1) is 8.74. The summed E-state index contributed by atoms with van der Waals surface area (Å²) in [5, 5.41) is 0. The Morgan fingerprint density at radius 3 is 2.94 bits per heavy atom. The van der Waals surface area contributed by atoms with Crippen LogP contribution in [0.2, 0.25) is 0 Å². The van der Waals surface area contributed by atoms with Crippen molar-refractivity contribution in [1.82, 2.24) is 9.97 Å². The first-order valence-corrected chi connectivity index (χ1v) is 6.35. The molecule has 1 aromatic heterocycles. The van der Waals surface area contributed by atoms with Crippen molar-refractivity contribution in [2.45, 2.75) is 19.8 Å². The summed E-state index contributed by atoms with van der Waals surface area (Å²) in [7, 11) is 0. The number of hydrogen-bond acceptors (Lipinski definition) is 3. The number of aromatic amines is 1. The summed E-state index contributed by atoms with van der Waals surface area (Å²) in [6, 6.07) is 4.57. The van der Waals surface area contributed by atoms with Gasteiger partial charge in [-0.2, -0.15) is 0 Å². The van der Waals surface area contributed by atoms with Gasteiger partial charge in [0.1, 0.15) is 5.82 Å². The van der Waals surface area contributed by atoms with Crippen LogP contribution in [0.25, 0.3) is 11.0 Å². The van der Waals surface area contributed by atoms with Crippen LogP contribution >= 0.6 is 0 Å². The Balaban J connectivity index is 2.26. The van der Waals surface area contributed by atoms with Crippen LogP contribution in [0.4, 0.5) is 10.3 Å². The molecule has 0 spiro atoms. The number of aromatic nitrogens is 2. The highest BCUT2D eigenvalue weighted by Crippen LogP contribution is 2.18. The number of fused-ring (bicyclic) bond motifs is 1. The highest BCUT2D eigenvalue weighted by Gasteiger charge is 2.10. The van der Waals surface area contributed by atoms with E-state index in [0.29, 0.717) is 6.54 Å². The summed E-state index contributed by atoms with van der Waals surface area (Å²) in [6.07, 6.45) is 2.21. The second-order valence-electron chi connectivity index (χ2n) is 4.35. The Hall–Kier alpha value is -1.62. The topological polar surface area (TPSA) is 57.9 Å². The SMILES string of the molecule is CCCCN(CCN)c1nc2ccc(F)cc2[nH]1. The Kier molecular flexibility index (Phi) is 4.15. The number of unbranched alkanes of at least 4 members (excludes halogenated alkanes) is 1. The van der Waals surface area contributed by atoms with Gasteiger partial charge in [0.05, 0.1) is 11.0 Å². The van der Waals surface area contributed by atoms with Gasteiger partial charge >= 0.3 is 0 Å². The largest absolute Gasteiger partial charge is 0.341 e. The Morgan fingerprint density at radius 2 is 2.22 bits per heavy atom. The highest BCUT2D eigenvalue weighted by molar-refractivity contribution is 5.77. The van der Waals surface area contributed by atoms with E-state index >= 15 is 0 Å². The lowest BCUT2D eigenvalue weighted by Gasteiger charge is -2.20. The van der Waals surface area contributed by atoms with E-state index < -0.39 is 0 Å². The van der Waals surface area contributed by atoms with Gasteiger partial charge in [-0.05, 0) is 24.6 Å². The van der Waals surface area contributed by atoms with Crippen molar-refractivity contribution in [3.05, 3.63) is 24.0 Å². The summed E-state index contributed by atoms with van der Waals surface area (Å²) in [4.78, 5) is 9.74. The van der Waals surface area contributed by atoms with E-state index in [2.05, 4.69) is 21.8 Å². The van der Waals surface area contributed by atoms with Gasteiger partial charge in [-0.25, -0.2) is 9.37 Å². The second-order valence-corrected chi connectivity index (χ2v) is 4.35. The van der Waals surface area contributed by atoms with E-state index in [1.807, 2.05) is 0 Å². The molecule has 1 heterocycles. The van der Waals surface area contributed by atoms with E-state index in [1.165, 1.54) is 12.1 Å².